The van der Waals surface area contributed by atoms with Gasteiger partial charge < -0.3 is 15.1 Å². The molecule has 2 fully saturated rings. The van der Waals surface area contributed by atoms with Gasteiger partial charge in [0.1, 0.15) is 6.42 Å². The van der Waals surface area contributed by atoms with Gasteiger partial charge in [-0.3, -0.25) is 4.79 Å². The van der Waals surface area contributed by atoms with E-state index in [1.165, 1.54) is 10.5 Å². The Morgan fingerprint density at radius 3 is 2.10 bits per heavy atom. The summed E-state index contributed by atoms with van der Waals surface area (Å²) >= 11 is 0. The van der Waals surface area contributed by atoms with Crippen LogP contribution < -0.4 is 5.32 Å². The molecule has 1 heterocycles. The lowest BCUT2D eigenvalue weighted by molar-refractivity contribution is -0.162. The Balaban J connectivity index is 1.35. The molecule has 1 saturated carbocycles. The van der Waals surface area contributed by atoms with Gasteiger partial charge >= 0.3 is 12.2 Å². The van der Waals surface area contributed by atoms with E-state index in [9.17, 15) is 22.8 Å². The Morgan fingerprint density at radius 1 is 0.931 bits per heavy atom. The largest absolute Gasteiger partial charge is 0.397 e. The molecule has 0 atom stereocenters. The second-order valence-electron chi connectivity index (χ2n) is 7.97. The number of carbonyl (C=O) groups is 2. The summed E-state index contributed by atoms with van der Waals surface area (Å²) in [4.78, 5) is 26.8. The molecule has 1 saturated heterocycles. The normalized spacial score (nSPS) is 23.0. The smallest absolute Gasteiger partial charge is 0.339 e. The van der Waals surface area contributed by atoms with Gasteiger partial charge in [0.05, 0.1) is 0 Å². The Kier molecular flexibility index (Phi) is 7.03. The molecule has 1 aliphatic heterocycles. The third-order valence-corrected chi connectivity index (χ3v) is 5.93. The number of alkyl halides is 3. The molecule has 1 N–H and O–H groups in total. The fourth-order valence-electron chi connectivity index (χ4n) is 4.21. The van der Waals surface area contributed by atoms with Crippen LogP contribution >= 0.6 is 0 Å². The van der Waals surface area contributed by atoms with Crippen LogP contribution in [0.3, 0.4) is 0 Å². The number of carbonyl (C=O) groups excluding carboxylic acids is 2. The second-order valence-corrected chi connectivity index (χ2v) is 7.97. The number of nitrogens with one attached hydrogen (secondary N) is 1. The number of rotatable bonds is 4. The highest BCUT2D eigenvalue weighted by atomic mass is 19.4. The monoisotopic (exact) mass is 411 g/mol. The van der Waals surface area contributed by atoms with Crippen molar-refractivity contribution in [3.63, 3.8) is 0 Å². The summed E-state index contributed by atoms with van der Waals surface area (Å²) in [5.74, 6) is 0.117. The van der Waals surface area contributed by atoms with E-state index < -0.39 is 18.5 Å². The van der Waals surface area contributed by atoms with Gasteiger partial charge in [-0.05, 0) is 43.1 Å². The Bertz CT molecular complexity index is 680. The molecular weight excluding hydrogens is 383 g/mol. The van der Waals surface area contributed by atoms with Crippen LogP contribution in [0.15, 0.2) is 30.3 Å². The van der Waals surface area contributed by atoms with E-state index in [1.807, 2.05) is 6.07 Å². The molecule has 1 aromatic carbocycles. The molecule has 8 heteroatoms. The maximum atomic E-state index is 12.4. The average molecular weight is 411 g/mol. The van der Waals surface area contributed by atoms with Crippen LogP contribution in [0.2, 0.25) is 0 Å². The van der Waals surface area contributed by atoms with Crippen molar-refractivity contribution in [2.45, 2.75) is 44.2 Å². The van der Waals surface area contributed by atoms with Crippen molar-refractivity contribution >= 4 is 11.9 Å². The third kappa shape index (κ3) is 6.37. The molecule has 0 aromatic heterocycles. The minimum Gasteiger partial charge on any atom is -0.339 e. The van der Waals surface area contributed by atoms with Gasteiger partial charge in [-0.1, -0.05) is 30.3 Å². The molecule has 3 rings (SSSR count). The van der Waals surface area contributed by atoms with Crippen LogP contribution in [0.5, 0.6) is 0 Å². The molecule has 29 heavy (non-hydrogen) atoms. The summed E-state index contributed by atoms with van der Waals surface area (Å²) in [6, 6.07) is 10.3. The van der Waals surface area contributed by atoms with Crippen molar-refractivity contribution in [2.24, 2.45) is 5.92 Å². The van der Waals surface area contributed by atoms with Crippen molar-refractivity contribution in [3.05, 3.63) is 35.9 Å². The van der Waals surface area contributed by atoms with E-state index in [2.05, 4.69) is 29.6 Å². The van der Waals surface area contributed by atoms with E-state index in [1.54, 1.807) is 4.90 Å². The maximum Gasteiger partial charge on any atom is 0.397 e. The van der Waals surface area contributed by atoms with E-state index in [4.69, 9.17) is 0 Å². The number of amides is 3. The number of piperazine rings is 1. The fraction of sp³-hybridized carbons (Fsp3) is 0.619. The minimum atomic E-state index is -4.49. The van der Waals surface area contributed by atoms with Gasteiger partial charge in [0, 0.05) is 32.7 Å². The van der Waals surface area contributed by atoms with E-state index in [0.29, 0.717) is 18.4 Å². The predicted octanol–water partition coefficient (Wildman–Crippen LogP) is 3.77. The fourth-order valence-corrected chi connectivity index (χ4v) is 4.21. The summed E-state index contributed by atoms with van der Waals surface area (Å²) in [7, 11) is 0. The lowest BCUT2D eigenvalue weighted by Gasteiger charge is -2.35. The van der Waals surface area contributed by atoms with Gasteiger partial charge in [0.2, 0.25) is 5.91 Å². The van der Waals surface area contributed by atoms with Crippen molar-refractivity contribution in [1.29, 1.82) is 0 Å². The van der Waals surface area contributed by atoms with Crippen LogP contribution in [0.25, 0.3) is 0 Å². The summed E-state index contributed by atoms with van der Waals surface area (Å²) in [5, 5.41) is 2.96. The van der Waals surface area contributed by atoms with Crippen LogP contribution in [0.1, 0.15) is 43.6 Å². The Labute approximate surface area is 169 Å². The number of urea groups is 1. The summed E-state index contributed by atoms with van der Waals surface area (Å²) in [6.45, 7) is 1.43. The van der Waals surface area contributed by atoms with Crippen LogP contribution in [-0.4, -0.2) is 60.6 Å². The lowest BCUT2D eigenvalue weighted by atomic mass is 9.79. The van der Waals surface area contributed by atoms with Gasteiger partial charge in [-0.15, -0.1) is 0 Å². The molecule has 3 amide bonds. The van der Waals surface area contributed by atoms with E-state index >= 15 is 0 Å². The average Bonchev–Trinajstić information content (AvgIpc) is 2.72. The molecule has 1 aromatic rings. The first-order valence-electron chi connectivity index (χ1n) is 10.2. The summed E-state index contributed by atoms with van der Waals surface area (Å²) in [6.07, 6.45) is -1.57. The van der Waals surface area contributed by atoms with Crippen LogP contribution in [0.4, 0.5) is 18.0 Å². The predicted molar refractivity (Wildman–Crippen MR) is 103 cm³/mol. The van der Waals surface area contributed by atoms with Crippen molar-refractivity contribution in [2.75, 3.05) is 32.7 Å². The molecular formula is C21H28F3N3O2. The highest BCUT2D eigenvalue weighted by Gasteiger charge is 2.35. The molecule has 0 bridgehead atoms. The number of halogens is 3. The van der Waals surface area contributed by atoms with E-state index in [-0.39, 0.29) is 32.2 Å². The first-order valence-corrected chi connectivity index (χ1v) is 10.2. The highest BCUT2D eigenvalue weighted by molar-refractivity contribution is 5.78. The topological polar surface area (TPSA) is 52.7 Å². The molecule has 5 nitrogen and oxygen atoms in total. The number of nitrogens with zero attached hydrogens (tertiary/aromatic N) is 2. The third-order valence-electron chi connectivity index (χ3n) is 5.93. The quantitative estimate of drug-likeness (QED) is 0.820. The lowest BCUT2D eigenvalue weighted by Crippen LogP contribution is -2.54. The second kappa shape index (κ2) is 9.50. The van der Waals surface area contributed by atoms with E-state index in [0.717, 1.165) is 25.7 Å². The van der Waals surface area contributed by atoms with Crippen molar-refractivity contribution in [1.82, 2.24) is 15.1 Å². The van der Waals surface area contributed by atoms with Gasteiger partial charge in [-0.2, -0.15) is 13.2 Å². The summed E-state index contributed by atoms with van der Waals surface area (Å²) in [5.41, 5.74) is 1.38. The molecule has 0 spiro atoms. The van der Waals surface area contributed by atoms with Gasteiger partial charge in [0.25, 0.3) is 0 Å². The first-order chi connectivity index (χ1) is 13.8. The highest BCUT2D eigenvalue weighted by Crippen LogP contribution is 2.35. The Morgan fingerprint density at radius 2 is 1.52 bits per heavy atom. The van der Waals surface area contributed by atoms with Gasteiger partial charge in [0.15, 0.2) is 0 Å². The summed E-state index contributed by atoms with van der Waals surface area (Å²) < 4.78 is 37.0. The Hall–Kier alpha value is -2.25. The maximum absolute atomic E-state index is 12.4. The molecule has 160 valence electrons. The number of hydrogen-bond donors (Lipinski definition) is 1. The molecule has 0 radical (unpaired) electrons. The minimum absolute atomic E-state index is 0.143. The zero-order valence-corrected chi connectivity index (χ0v) is 16.5. The standard InChI is InChI=1S/C21H28F3N3O2/c22-21(23,24)14-19(28)26-10-12-27(13-11-26)20(29)25-15-16-6-8-18(9-7-16)17-4-2-1-3-5-17/h1-5,16,18H,6-15H2,(H,25,29). The van der Waals surface area contributed by atoms with Gasteiger partial charge in [-0.25, -0.2) is 4.79 Å². The zero-order chi connectivity index (χ0) is 20.9. The van der Waals surface area contributed by atoms with Crippen molar-refractivity contribution in [3.8, 4) is 0 Å². The molecule has 0 unspecified atom stereocenters. The number of hydrogen-bond acceptors (Lipinski definition) is 2. The van der Waals surface area contributed by atoms with Crippen molar-refractivity contribution < 1.29 is 22.8 Å². The number of benzene rings is 1. The van der Waals surface area contributed by atoms with Crippen LogP contribution in [-0.2, 0) is 4.79 Å². The SMILES string of the molecule is O=C(CC(F)(F)F)N1CCN(C(=O)NCC2CCC(c3ccccc3)CC2)CC1. The van der Waals surface area contributed by atoms with Crippen LogP contribution in [0, 0.1) is 5.92 Å². The zero-order valence-electron chi connectivity index (χ0n) is 16.5. The molecule has 1 aliphatic carbocycles. The molecule has 2 aliphatic rings. The first kappa shape index (κ1) is 21.5.